The average molecular weight is 223 g/mol. The van der Waals surface area contributed by atoms with Gasteiger partial charge in [0.2, 0.25) is 0 Å². The molecule has 0 bridgehead atoms. The number of carbonyl (C=O) groups excluding carboxylic acids is 1. The van der Waals surface area contributed by atoms with Crippen LogP contribution in [0.2, 0.25) is 0 Å². The molecule has 2 N–H and O–H groups in total. The molecule has 0 aliphatic heterocycles. The Balaban J connectivity index is 2.46. The maximum Gasteiger partial charge on any atom is 0.306 e. The molecule has 4 nitrogen and oxygen atoms in total. The van der Waals surface area contributed by atoms with E-state index in [-0.39, 0.29) is 17.7 Å². The summed E-state index contributed by atoms with van der Waals surface area (Å²) in [6.07, 6.45) is 3.60. The van der Waals surface area contributed by atoms with Crippen molar-refractivity contribution >= 4 is 11.9 Å². The molecule has 0 aromatic carbocycles. The van der Waals surface area contributed by atoms with Crippen molar-refractivity contribution < 1.29 is 14.7 Å². The van der Waals surface area contributed by atoms with Gasteiger partial charge in [0.15, 0.2) is 0 Å². The van der Waals surface area contributed by atoms with Gasteiger partial charge in [-0.1, -0.05) is 18.8 Å². The van der Waals surface area contributed by atoms with Gasteiger partial charge in [0.25, 0.3) is 5.91 Å². The SMILES string of the molecule is CC#CC(=O)NCC1CCCCC1C(=O)O. The van der Waals surface area contributed by atoms with Crippen LogP contribution < -0.4 is 5.32 Å². The minimum Gasteiger partial charge on any atom is -0.481 e. The van der Waals surface area contributed by atoms with E-state index in [9.17, 15) is 9.59 Å². The van der Waals surface area contributed by atoms with Crippen molar-refractivity contribution in [3.05, 3.63) is 0 Å². The van der Waals surface area contributed by atoms with Crippen molar-refractivity contribution in [1.29, 1.82) is 0 Å². The Labute approximate surface area is 95.4 Å². The Hall–Kier alpha value is -1.50. The third kappa shape index (κ3) is 3.58. The molecule has 2 atom stereocenters. The van der Waals surface area contributed by atoms with Gasteiger partial charge in [-0.2, -0.15) is 0 Å². The first kappa shape index (κ1) is 12.6. The number of amides is 1. The number of aliphatic carboxylic acids is 1. The molecule has 4 heteroatoms. The second-order valence-electron chi connectivity index (χ2n) is 4.07. The lowest BCUT2D eigenvalue weighted by Gasteiger charge is -2.28. The maximum atomic E-state index is 11.1. The molecule has 2 unspecified atom stereocenters. The van der Waals surface area contributed by atoms with E-state index in [1.165, 1.54) is 0 Å². The first-order valence-corrected chi connectivity index (χ1v) is 5.58. The van der Waals surface area contributed by atoms with Gasteiger partial charge in [-0.05, 0) is 31.6 Å². The number of hydrogen-bond donors (Lipinski definition) is 2. The molecule has 88 valence electrons. The van der Waals surface area contributed by atoms with Gasteiger partial charge in [-0.25, -0.2) is 0 Å². The van der Waals surface area contributed by atoms with Gasteiger partial charge in [-0.3, -0.25) is 9.59 Å². The quantitative estimate of drug-likeness (QED) is 0.702. The van der Waals surface area contributed by atoms with Crippen LogP contribution in [0.25, 0.3) is 0 Å². The summed E-state index contributed by atoms with van der Waals surface area (Å²) in [4.78, 5) is 22.1. The molecule has 1 fully saturated rings. The fourth-order valence-corrected chi connectivity index (χ4v) is 2.16. The van der Waals surface area contributed by atoms with Crippen LogP contribution in [0.1, 0.15) is 32.6 Å². The largest absolute Gasteiger partial charge is 0.481 e. The molecule has 1 saturated carbocycles. The highest BCUT2D eigenvalue weighted by Gasteiger charge is 2.30. The van der Waals surface area contributed by atoms with Gasteiger partial charge < -0.3 is 10.4 Å². The monoisotopic (exact) mass is 223 g/mol. The number of carboxylic acid groups (broad SMARTS) is 1. The molecule has 16 heavy (non-hydrogen) atoms. The van der Waals surface area contributed by atoms with Crippen molar-refractivity contribution in [3.8, 4) is 11.8 Å². The highest BCUT2D eigenvalue weighted by molar-refractivity contribution is 5.93. The zero-order valence-electron chi connectivity index (χ0n) is 9.45. The minimum atomic E-state index is -0.750. The summed E-state index contributed by atoms with van der Waals surface area (Å²) in [5.41, 5.74) is 0. The van der Waals surface area contributed by atoms with Crippen LogP contribution in [0.3, 0.4) is 0 Å². The normalized spacial score (nSPS) is 24.1. The summed E-state index contributed by atoms with van der Waals surface area (Å²) in [5, 5.41) is 11.7. The fraction of sp³-hybridized carbons (Fsp3) is 0.667. The molecule has 1 rings (SSSR count). The van der Waals surface area contributed by atoms with Gasteiger partial charge >= 0.3 is 5.97 Å². The van der Waals surface area contributed by atoms with E-state index >= 15 is 0 Å². The molecule has 0 aromatic rings. The number of carboxylic acids is 1. The van der Waals surface area contributed by atoms with Crippen LogP contribution >= 0.6 is 0 Å². The molecule has 1 amide bonds. The van der Waals surface area contributed by atoms with Gasteiger partial charge in [0.1, 0.15) is 0 Å². The van der Waals surface area contributed by atoms with Crippen LogP contribution in [-0.4, -0.2) is 23.5 Å². The second-order valence-corrected chi connectivity index (χ2v) is 4.07. The lowest BCUT2D eigenvalue weighted by Crippen LogP contribution is -2.36. The molecule has 1 aliphatic rings. The Bertz CT molecular complexity index is 327. The minimum absolute atomic E-state index is 0.0499. The number of nitrogens with one attached hydrogen (secondary N) is 1. The van der Waals surface area contributed by atoms with E-state index in [0.29, 0.717) is 6.54 Å². The summed E-state index contributed by atoms with van der Waals surface area (Å²) >= 11 is 0. The van der Waals surface area contributed by atoms with E-state index in [1.54, 1.807) is 6.92 Å². The van der Waals surface area contributed by atoms with E-state index in [2.05, 4.69) is 17.2 Å². The average Bonchev–Trinajstić information content (AvgIpc) is 2.27. The number of rotatable bonds is 3. The van der Waals surface area contributed by atoms with Crippen LogP contribution in [0.5, 0.6) is 0 Å². The first-order valence-electron chi connectivity index (χ1n) is 5.58. The first-order chi connectivity index (χ1) is 7.65. The van der Waals surface area contributed by atoms with Crippen molar-refractivity contribution in [2.75, 3.05) is 6.54 Å². The number of carbonyl (C=O) groups is 2. The van der Waals surface area contributed by atoms with Crippen molar-refractivity contribution in [2.24, 2.45) is 11.8 Å². The maximum absolute atomic E-state index is 11.1. The molecule has 1 aliphatic carbocycles. The van der Waals surface area contributed by atoms with E-state index in [1.807, 2.05) is 0 Å². The third-order valence-electron chi connectivity index (χ3n) is 2.99. The zero-order valence-corrected chi connectivity index (χ0v) is 9.45. The van der Waals surface area contributed by atoms with Crippen LogP contribution in [-0.2, 0) is 9.59 Å². The zero-order chi connectivity index (χ0) is 12.0. The summed E-state index contributed by atoms with van der Waals surface area (Å²) in [5.74, 6) is 3.55. The molecule has 0 saturated heterocycles. The highest BCUT2D eigenvalue weighted by Crippen LogP contribution is 2.29. The molecule has 0 aromatic heterocycles. The molecular formula is C12H17NO3. The predicted molar refractivity (Wildman–Crippen MR) is 59.5 cm³/mol. The van der Waals surface area contributed by atoms with Crippen LogP contribution in [0.15, 0.2) is 0 Å². The van der Waals surface area contributed by atoms with E-state index in [4.69, 9.17) is 5.11 Å². The Morgan fingerprint density at radius 1 is 1.38 bits per heavy atom. The van der Waals surface area contributed by atoms with Crippen molar-refractivity contribution in [2.45, 2.75) is 32.6 Å². The van der Waals surface area contributed by atoms with Crippen molar-refractivity contribution in [1.82, 2.24) is 5.32 Å². The van der Waals surface area contributed by atoms with E-state index in [0.717, 1.165) is 25.7 Å². The Morgan fingerprint density at radius 2 is 2.06 bits per heavy atom. The van der Waals surface area contributed by atoms with Gasteiger partial charge in [-0.15, -0.1) is 0 Å². The molecule has 0 spiro atoms. The van der Waals surface area contributed by atoms with E-state index < -0.39 is 5.97 Å². The molecular weight excluding hydrogens is 206 g/mol. The van der Waals surface area contributed by atoms with Crippen LogP contribution in [0, 0.1) is 23.7 Å². The lowest BCUT2D eigenvalue weighted by atomic mass is 9.79. The standard InChI is InChI=1S/C12H17NO3/c1-2-5-11(14)13-8-9-6-3-4-7-10(9)12(15)16/h9-10H,3-4,6-8H2,1H3,(H,13,14)(H,15,16). The second kappa shape index (κ2) is 6.16. The lowest BCUT2D eigenvalue weighted by molar-refractivity contribution is -0.145. The highest BCUT2D eigenvalue weighted by atomic mass is 16.4. The molecule has 0 radical (unpaired) electrons. The third-order valence-corrected chi connectivity index (χ3v) is 2.99. The topological polar surface area (TPSA) is 66.4 Å². The van der Waals surface area contributed by atoms with Crippen molar-refractivity contribution in [3.63, 3.8) is 0 Å². The fourth-order valence-electron chi connectivity index (χ4n) is 2.16. The summed E-state index contributed by atoms with van der Waals surface area (Å²) in [6.45, 7) is 2.02. The summed E-state index contributed by atoms with van der Waals surface area (Å²) in [6, 6.07) is 0. The van der Waals surface area contributed by atoms with Gasteiger partial charge in [0.05, 0.1) is 5.92 Å². The summed E-state index contributed by atoms with van der Waals surface area (Å²) < 4.78 is 0. The summed E-state index contributed by atoms with van der Waals surface area (Å²) in [7, 11) is 0. The Kier molecular flexibility index (Phi) is 4.84. The molecule has 0 heterocycles. The van der Waals surface area contributed by atoms with Crippen LogP contribution in [0.4, 0.5) is 0 Å². The number of hydrogen-bond acceptors (Lipinski definition) is 2. The Morgan fingerprint density at radius 3 is 2.69 bits per heavy atom. The predicted octanol–water partition coefficient (Wildman–Crippen LogP) is 1.02. The van der Waals surface area contributed by atoms with Gasteiger partial charge in [0, 0.05) is 6.54 Å². The smallest absolute Gasteiger partial charge is 0.306 e.